The van der Waals surface area contributed by atoms with Crippen molar-refractivity contribution in [1.29, 1.82) is 0 Å². The molecule has 214 valence electrons. The maximum atomic E-state index is 14.0. The molecule has 7 nitrogen and oxygen atoms in total. The van der Waals surface area contributed by atoms with Crippen molar-refractivity contribution >= 4 is 50.7 Å². The molecular formula is C30H35Cl2N3O4S. The van der Waals surface area contributed by atoms with E-state index in [9.17, 15) is 18.0 Å². The van der Waals surface area contributed by atoms with E-state index in [2.05, 4.69) is 5.32 Å². The standard InChI is InChI=1S/C30H35Cl2N3O4S/c1-19(2)33-30(37)23(6)34(17-24-11-12-25(31)16-27(24)32)29(36)18-35(28-15-21(4)7-10-22(28)5)40(38,39)26-13-8-20(3)9-14-26/h7-16,19,23H,17-18H2,1-6H3,(H,33,37). The number of hydrogen-bond acceptors (Lipinski definition) is 4. The number of hydrogen-bond donors (Lipinski definition) is 1. The van der Waals surface area contributed by atoms with Crippen LogP contribution in [0.4, 0.5) is 5.69 Å². The Bertz CT molecular complexity index is 1490. The van der Waals surface area contributed by atoms with Gasteiger partial charge in [-0.3, -0.25) is 13.9 Å². The lowest BCUT2D eigenvalue weighted by atomic mass is 10.1. The van der Waals surface area contributed by atoms with Gasteiger partial charge in [0.2, 0.25) is 11.8 Å². The largest absolute Gasteiger partial charge is 0.352 e. The Labute approximate surface area is 247 Å². The number of sulfonamides is 1. The molecule has 0 aromatic heterocycles. The molecule has 3 rings (SSSR count). The molecule has 0 saturated heterocycles. The number of rotatable bonds is 10. The number of nitrogens with zero attached hydrogens (tertiary/aromatic N) is 2. The Morgan fingerprint density at radius 1 is 0.875 bits per heavy atom. The molecule has 10 heteroatoms. The first kappa shape index (κ1) is 31.5. The summed E-state index contributed by atoms with van der Waals surface area (Å²) >= 11 is 12.5. The smallest absolute Gasteiger partial charge is 0.264 e. The summed E-state index contributed by atoms with van der Waals surface area (Å²) in [4.78, 5) is 28.5. The summed E-state index contributed by atoms with van der Waals surface area (Å²) in [6.07, 6.45) is 0. The van der Waals surface area contributed by atoms with Gasteiger partial charge in [-0.25, -0.2) is 8.42 Å². The maximum absolute atomic E-state index is 14.0. The maximum Gasteiger partial charge on any atom is 0.264 e. The van der Waals surface area contributed by atoms with Gasteiger partial charge in [-0.05, 0) is 88.6 Å². The van der Waals surface area contributed by atoms with Crippen LogP contribution in [0.3, 0.4) is 0 Å². The molecule has 3 aromatic rings. The van der Waals surface area contributed by atoms with Gasteiger partial charge in [0.05, 0.1) is 10.6 Å². The first-order valence-corrected chi connectivity index (χ1v) is 15.1. The van der Waals surface area contributed by atoms with Crippen molar-refractivity contribution in [3.8, 4) is 0 Å². The number of carbonyl (C=O) groups is 2. The summed E-state index contributed by atoms with van der Waals surface area (Å²) in [6, 6.07) is 15.7. The average molecular weight is 605 g/mol. The molecule has 1 N–H and O–H groups in total. The molecule has 1 unspecified atom stereocenters. The highest BCUT2D eigenvalue weighted by atomic mass is 35.5. The number of carbonyl (C=O) groups excluding carboxylic acids is 2. The third kappa shape index (κ3) is 7.56. The van der Waals surface area contributed by atoms with Gasteiger partial charge in [-0.2, -0.15) is 0 Å². The van der Waals surface area contributed by atoms with Gasteiger partial charge in [0.1, 0.15) is 12.6 Å². The van der Waals surface area contributed by atoms with Crippen LogP contribution in [0.2, 0.25) is 10.0 Å². The predicted molar refractivity (Wildman–Crippen MR) is 161 cm³/mol. The Hall–Kier alpha value is -3.07. The third-order valence-corrected chi connectivity index (χ3v) is 8.84. The summed E-state index contributed by atoms with van der Waals surface area (Å²) in [5, 5.41) is 3.60. The lowest BCUT2D eigenvalue weighted by Crippen LogP contribution is -2.52. The first-order chi connectivity index (χ1) is 18.7. The van der Waals surface area contributed by atoms with Crippen molar-refractivity contribution in [3.63, 3.8) is 0 Å². The second kappa shape index (κ2) is 13.1. The van der Waals surface area contributed by atoms with E-state index in [-0.39, 0.29) is 23.4 Å². The SMILES string of the molecule is Cc1ccc(S(=O)(=O)N(CC(=O)N(Cc2ccc(Cl)cc2Cl)C(C)C(=O)NC(C)C)c2cc(C)ccc2C)cc1. The van der Waals surface area contributed by atoms with Crippen molar-refractivity contribution in [2.24, 2.45) is 0 Å². The fourth-order valence-electron chi connectivity index (χ4n) is 4.16. The Morgan fingerprint density at radius 3 is 2.10 bits per heavy atom. The Morgan fingerprint density at radius 2 is 1.50 bits per heavy atom. The molecule has 0 bridgehead atoms. The molecule has 3 aromatic carbocycles. The molecule has 0 heterocycles. The van der Waals surface area contributed by atoms with Crippen molar-refractivity contribution < 1.29 is 18.0 Å². The highest BCUT2D eigenvalue weighted by Crippen LogP contribution is 2.29. The normalized spacial score (nSPS) is 12.2. The number of nitrogens with one attached hydrogen (secondary N) is 1. The topological polar surface area (TPSA) is 86.8 Å². The zero-order valence-corrected chi connectivity index (χ0v) is 25.9. The molecule has 0 radical (unpaired) electrons. The molecule has 40 heavy (non-hydrogen) atoms. The minimum Gasteiger partial charge on any atom is -0.352 e. The lowest BCUT2D eigenvalue weighted by molar-refractivity contribution is -0.139. The molecule has 0 aliphatic carbocycles. The van der Waals surface area contributed by atoms with E-state index >= 15 is 0 Å². The highest BCUT2D eigenvalue weighted by molar-refractivity contribution is 7.92. The van der Waals surface area contributed by atoms with Crippen LogP contribution in [0.5, 0.6) is 0 Å². The predicted octanol–water partition coefficient (Wildman–Crippen LogP) is 6.06. The van der Waals surface area contributed by atoms with Crippen LogP contribution in [-0.4, -0.2) is 43.8 Å². The molecule has 0 saturated carbocycles. The van der Waals surface area contributed by atoms with Gasteiger partial charge in [-0.15, -0.1) is 0 Å². The lowest BCUT2D eigenvalue weighted by Gasteiger charge is -2.33. The first-order valence-electron chi connectivity index (χ1n) is 12.9. The van der Waals surface area contributed by atoms with Gasteiger partial charge in [0.15, 0.2) is 0 Å². The van der Waals surface area contributed by atoms with Gasteiger partial charge in [0.25, 0.3) is 10.0 Å². The quantitative estimate of drug-likeness (QED) is 0.305. The van der Waals surface area contributed by atoms with Crippen molar-refractivity contribution in [1.82, 2.24) is 10.2 Å². The van der Waals surface area contributed by atoms with Crippen LogP contribution in [-0.2, 0) is 26.2 Å². The third-order valence-electron chi connectivity index (χ3n) is 6.48. The van der Waals surface area contributed by atoms with Crippen molar-refractivity contribution in [3.05, 3.63) is 93.0 Å². The summed E-state index contributed by atoms with van der Waals surface area (Å²) in [5.41, 5.74) is 3.39. The minimum absolute atomic E-state index is 0.0211. The summed E-state index contributed by atoms with van der Waals surface area (Å²) in [7, 11) is -4.15. The fourth-order valence-corrected chi connectivity index (χ4v) is 6.10. The van der Waals surface area contributed by atoms with E-state index in [1.54, 1.807) is 50.2 Å². The van der Waals surface area contributed by atoms with E-state index in [1.165, 1.54) is 17.0 Å². The molecular weight excluding hydrogens is 569 g/mol. The second-order valence-electron chi connectivity index (χ2n) is 10.2. The zero-order valence-electron chi connectivity index (χ0n) is 23.5. The Balaban J connectivity index is 2.10. The van der Waals surface area contributed by atoms with Gasteiger partial charge in [0, 0.05) is 22.6 Å². The molecule has 2 amide bonds. The van der Waals surface area contributed by atoms with Gasteiger partial charge in [-0.1, -0.05) is 59.1 Å². The van der Waals surface area contributed by atoms with Crippen molar-refractivity contribution in [2.75, 3.05) is 10.8 Å². The Kier molecular flexibility index (Phi) is 10.3. The van der Waals surface area contributed by atoms with E-state index in [0.29, 0.717) is 26.9 Å². The zero-order chi connectivity index (χ0) is 29.8. The summed E-state index contributed by atoms with van der Waals surface area (Å²) in [5.74, 6) is -0.929. The van der Waals surface area contributed by atoms with Crippen LogP contribution in [0.15, 0.2) is 65.6 Å². The molecule has 0 aliphatic heterocycles. The number of aryl methyl sites for hydroxylation is 3. The molecule has 1 atom stereocenters. The van der Waals surface area contributed by atoms with Gasteiger partial charge >= 0.3 is 0 Å². The highest BCUT2D eigenvalue weighted by Gasteiger charge is 2.33. The van der Waals surface area contributed by atoms with Gasteiger partial charge < -0.3 is 10.2 Å². The van der Waals surface area contributed by atoms with Crippen LogP contribution >= 0.6 is 23.2 Å². The van der Waals surface area contributed by atoms with Crippen LogP contribution in [0.25, 0.3) is 0 Å². The molecule has 0 spiro atoms. The van der Waals surface area contributed by atoms with Crippen LogP contribution < -0.4 is 9.62 Å². The monoisotopic (exact) mass is 603 g/mol. The second-order valence-corrected chi connectivity index (χ2v) is 12.9. The van der Waals surface area contributed by atoms with Crippen molar-refractivity contribution in [2.45, 2.75) is 65.1 Å². The number of anilines is 1. The summed E-state index contributed by atoms with van der Waals surface area (Å²) in [6.45, 7) is 10.2. The number of benzene rings is 3. The average Bonchev–Trinajstić information content (AvgIpc) is 2.87. The van der Waals surface area contributed by atoms with E-state index in [4.69, 9.17) is 23.2 Å². The van der Waals surface area contributed by atoms with E-state index in [0.717, 1.165) is 15.4 Å². The van der Waals surface area contributed by atoms with Crippen LogP contribution in [0, 0.1) is 20.8 Å². The number of amides is 2. The van der Waals surface area contributed by atoms with Crippen LogP contribution in [0.1, 0.15) is 43.0 Å². The fraction of sp³-hybridized carbons (Fsp3) is 0.333. The molecule has 0 fully saturated rings. The summed E-state index contributed by atoms with van der Waals surface area (Å²) < 4.78 is 29.1. The van der Waals surface area contributed by atoms with E-state index in [1.807, 2.05) is 39.8 Å². The number of halogens is 2. The minimum atomic E-state index is -4.15. The molecule has 0 aliphatic rings. The van der Waals surface area contributed by atoms with E-state index < -0.39 is 28.5 Å².